The molecule has 0 aromatic heterocycles. The molecule has 0 aliphatic heterocycles. The van der Waals surface area contributed by atoms with Crippen LogP contribution in [0.1, 0.15) is 44.9 Å². The molecular weight excluding hydrogens is 250 g/mol. The molecule has 0 aliphatic rings. The van der Waals surface area contributed by atoms with Crippen LogP contribution in [0, 0.1) is 12.8 Å². The van der Waals surface area contributed by atoms with Crippen molar-refractivity contribution < 1.29 is 9.47 Å². The van der Waals surface area contributed by atoms with Gasteiger partial charge in [0.2, 0.25) is 0 Å². The number of ether oxygens (including phenoxy) is 2. The first-order chi connectivity index (χ1) is 9.49. The Balaban J connectivity index is 2.80. The molecule has 20 heavy (non-hydrogen) atoms. The Morgan fingerprint density at radius 3 is 2.45 bits per heavy atom. The lowest BCUT2D eigenvalue weighted by molar-refractivity contribution is 0.104. The number of hydrogen-bond acceptors (Lipinski definition) is 3. The third-order valence-corrected chi connectivity index (χ3v) is 3.63. The number of rotatable bonds is 8. The van der Waals surface area contributed by atoms with E-state index in [1.54, 1.807) is 7.11 Å². The average Bonchev–Trinajstić information content (AvgIpc) is 2.42. The van der Waals surface area contributed by atoms with Gasteiger partial charge in [-0.15, -0.1) is 0 Å². The molecule has 3 nitrogen and oxygen atoms in total. The van der Waals surface area contributed by atoms with Gasteiger partial charge < -0.3 is 14.8 Å². The molecule has 0 fully saturated rings. The highest BCUT2D eigenvalue weighted by atomic mass is 16.5. The van der Waals surface area contributed by atoms with Crippen LogP contribution in [0.5, 0.6) is 5.75 Å². The Kier molecular flexibility index (Phi) is 7.03. The number of aryl methyl sites for hydroxylation is 1. The maximum absolute atomic E-state index is 5.58. The predicted molar refractivity (Wildman–Crippen MR) is 84.4 cm³/mol. The van der Waals surface area contributed by atoms with E-state index in [0.29, 0.717) is 12.0 Å². The first-order valence-corrected chi connectivity index (χ1v) is 7.47. The van der Waals surface area contributed by atoms with Crippen molar-refractivity contribution in [1.82, 2.24) is 5.32 Å². The molecule has 1 N–H and O–H groups in total. The molecule has 1 rings (SSSR count). The minimum absolute atomic E-state index is 0.235. The molecular formula is C17H29NO2. The Morgan fingerprint density at radius 1 is 1.20 bits per heavy atom. The van der Waals surface area contributed by atoms with E-state index in [0.717, 1.165) is 19.0 Å². The van der Waals surface area contributed by atoms with Gasteiger partial charge >= 0.3 is 0 Å². The predicted octanol–water partition coefficient (Wildman–Crippen LogP) is 3.72. The number of nitrogens with one attached hydrogen (secondary N) is 1. The Labute approximate surface area is 123 Å². The summed E-state index contributed by atoms with van der Waals surface area (Å²) in [7, 11) is 1.73. The quantitative estimate of drug-likeness (QED) is 0.787. The summed E-state index contributed by atoms with van der Waals surface area (Å²) in [6.07, 6.45) is 0. The third-order valence-electron chi connectivity index (χ3n) is 3.63. The van der Waals surface area contributed by atoms with Crippen LogP contribution in [0.25, 0.3) is 0 Å². The SMILES string of the molecule is CCOCC(NC(C)c1ccc(C)cc1OC)C(C)C. The average molecular weight is 279 g/mol. The van der Waals surface area contributed by atoms with Crippen LogP contribution < -0.4 is 10.1 Å². The zero-order valence-corrected chi connectivity index (χ0v) is 13.7. The molecule has 0 saturated carbocycles. The van der Waals surface area contributed by atoms with Crippen molar-refractivity contribution in [3.63, 3.8) is 0 Å². The summed E-state index contributed by atoms with van der Waals surface area (Å²) >= 11 is 0. The zero-order chi connectivity index (χ0) is 15.1. The van der Waals surface area contributed by atoms with Crippen molar-refractivity contribution in [3.05, 3.63) is 29.3 Å². The maximum Gasteiger partial charge on any atom is 0.123 e. The molecule has 3 heteroatoms. The second-order valence-electron chi connectivity index (χ2n) is 5.64. The van der Waals surface area contributed by atoms with Crippen molar-refractivity contribution in [2.24, 2.45) is 5.92 Å². The molecule has 2 unspecified atom stereocenters. The number of benzene rings is 1. The van der Waals surface area contributed by atoms with Crippen LogP contribution in [-0.4, -0.2) is 26.4 Å². The van der Waals surface area contributed by atoms with Crippen molar-refractivity contribution in [2.75, 3.05) is 20.3 Å². The minimum atomic E-state index is 0.235. The largest absolute Gasteiger partial charge is 0.496 e. The van der Waals surface area contributed by atoms with Crippen molar-refractivity contribution in [2.45, 2.75) is 46.7 Å². The summed E-state index contributed by atoms with van der Waals surface area (Å²) in [4.78, 5) is 0. The van der Waals surface area contributed by atoms with Gasteiger partial charge in [-0.2, -0.15) is 0 Å². The molecule has 114 valence electrons. The third kappa shape index (κ3) is 4.80. The van der Waals surface area contributed by atoms with Gasteiger partial charge in [0.25, 0.3) is 0 Å². The van der Waals surface area contributed by atoms with Crippen molar-refractivity contribution >= 4 is 0 Å². The van der Waals surface area contributed by atoms with E-state index in [1.807, 2.05) is 6.92 Å². The van der Waals surface area contributed by atoms with E-state index < -0.39 is 0 Å². The fraction of sp³-hybridized carbons (Fsp3) is 0.647. The van der Waals surface area contributed by atoms with E-state index in [-0.39, 0.29) is 6.04 Å². The monoisotopic (exact) mass is 279 g/mol. The molecule has 0 radical (unpaired) electrons. The van der Waals surface area contributed by atoms with Crippen molar-refractivity contribution in [3.8, 4) is 5.75 Å². The fourth-order valence-corrected chi connectivity index (χ4v) is 2.26. The van der Waals surface area contributed by atoms with Crippen LogP contribution in [0.2, 0.25) is 0 Å². The molecule has 2 atom stereocenters. The zero-order valence-electron chi connectivity index (χ0n) is 13.7. The molecule has 0 saturated heterocycles. The van der Waals surface area contributed by atoms with E-state index in [9.17, 15) is 0 Å². The van der Waals surface area contributed by atoms with E-state index in [2.05, 4.69) is 51.2 Å². The first kappa shape index (κ1) is 17.0. The lowest BCUT2D eigenvalue weighted by atomic mass is 10.0. The summed E-state index contributed by atoms with van der Waals surface area (Å²) in [6, 6.07) is 6.93. The standard InChI is InChI=1S/C17H29NO2/c1-7-20-11-16(12(2)3)18-14(5)15-9-8-13(4)10-17(15)19-6/h8-10,12,14,16,18H,7,11H2,1-6H3. The molecule has 0 spiro atoms. The van der Waals surface area contributed by atoms with Crippen LogP contribution in [0.3, 0.4) is 0 Å². The normalized spacial score (nSPS) is 14.3. The van der Waals surface area contributed by atoms with Gasteiger partial charge in [0.05, 0.1) is 13.7 Å². The summed E-state index contributed by atoms with van der Waals surface area (Å²) in [6.45, 7) is 12.2. The highest BCUT2D eigenvalue weighted by molar-refractivity contribution is 5.39. The lowest BCUT2D eigenvalue weighted by Gasteiger charge is -2.27. The molecule has 0 amide bonds. The fourth-order valence-electron chi connectivity index (χ4n) is 2.26. The second kappa shape index (κ2) is 8.28. The van der Waals surface area contributed by atoms with E-state index in [1.165, 1.54) is 11.1 Å². The second-order valence-corrected chi connectivity index (χ2v) is 5.64. The summed E-state index contributed by atoms with van der Waals surface area (Å²) in [5.41, 5.74) is 2.41. The highest BCUT2D eigenvalue weighted by Crippen LogP contribution is 2.26. The number of hydrogen-bond donors (Lipinski definition) is 1. The van der Waals surface area contributed by atoms with Gasteiger partial charge in [0, 0.05) is 24.3 Å². The topological polar surface area (TPSA) is 30.5 Å². The van der Waals surface area contributed by atoms with E-state index in [4.69, 9.17) is 9.47 Å². The number of methoxy groups -OCH3 is 1. The van der Waals surface area contributed by atoms with Crippen LogP contribution >= 0.6 is 0 Å². The van der Waals surface area contributed by atoms with Crippen LogP contribution in [0.15, 0.2) is 18.2 Å². The molecule has 0 aliphatic carbocycles. The van der Waals surface area contributed by atoms with E-state index >= 15 is 0 Å². The smallest absolute Gasteiger partial charge is 0.123 e. The Hall–Kier alpha value is -1.06. The van der Waals surface area contributed by atoms with Crippen molar-refractivity contribution in [1.29, 1.82) is 0 Å². The van der Waals surface area contributed by atoms with Gasteiger partial charge in [0.15, 0.2) is 0 Å². The first-order valence-electron chi connectivity index (χ1n) is 7.47. The molecule has 1 aromatic carbocycles. The van der Waals surface area contributed by atoms with Crippen LogP contribution in [0.4, 0.5) is 0 Å². The molecule has 0 bridgehead atoms. The van der Waals surface area contributed by atoms with Gasteiger partial charge in [-0.3, -0.25) is 0 Å². The summed E-state index contributed by atoms with van der Waals surface area (Å²) in [5.74, 6) is 1.48. The Morgan fingerprint density at radius 2 is 1.90 bits per heavy atom. The van der Waals surface area contributed by atoms with Gasteiger partial charge in [-0.25, -0.2) is 0 Å². The Bertz CT molecular complexity index is 404. The summed E-state index contributed by atoms with van der Waals surface area (Å²) in [5, 5.41) is 3.66. The summed E-state index contributed by atoms with van der Waals surface area (Å²) < 4.78 is 11.1. The molecule has 1 aromatic rings. The van der Waals surface area contributed by atoms with Gasteiger partial charge in [-0.05, 0) is 38.3 Å². The van der Waals surface area contributed by atoms with Gasteiger partial charge in [0.1, 0.15) is 5.75 Å². The lowest BCUT2D eigenvalue weighted by Crippen LogP contribution is -2.39. The minimum Gasteiger partial charge on any atom is -0.496 e. The highest BCUT2D eigenvalue weighted by Gasteiger charge is 2.19. The van der Waals surface area contributed by atoms with Gasteiger partial charge in [-0.1, -0.05) is 26.0 Å². The molecule has 0 heterocycles. The maximum atomic E-state index is 5.58. The van der Waals surface area contributed by atoms with Crippen LogP contribution in [-0.2, 0) is 4.74 Å².